The lowest BCUT2D eigenvalue weighted by molar-refractivity contribution is -0.137. The van der Waals surface area contributed by atoms with E-state index < -0.39 is 28.7 Å². The fourth-order valence-corrected chi connectivity index (χ4v) is 5.04. The average molecular weight is 532 g/mol. The van der Waals surface area contributed by atoms with Crippen molar-refractivity contribution in [2.24, 2.45) is 0 Å². The number of benzene rings is 3. The van der Waals surface area contributed by atoms with Crippen LogP contribution in [-0.4, -0.2) is 32.4 Å². The van der Waals surface area contributed by atoms with Gasteiger partial charge in [-0.15, -0.1) is 0 Å². The van der Waals surface area contributed by atoms with Crippen molar-refractivity contribution in [1.82, 2.24) is 0 Å². The number of hydrogen-bond donors (Lipinski definition) is 2. The molecule has 1 aliphatic rings. The summed E-state index contributed by atoms with van der Waals surface area (Å²) in [6, 6.07) is 17.3. The average Bonchev–Trinajstić information content (AvgIpc) is 2.82. The number of carbonyl (C=O) groups is 1. The Bertz CT molecular complexity index is 1390. The smallest absolute Gasteiger partial charge is 0.387 e. The minimum atomic E-state index is -3.55. The highest BCUT2D eigenvalue weighted by Gasteiger charge is 2.31. The first-order valence-electron chi connectivity index (χ1n) is 11.8. The molecule has 0 saturated heterocycles. The van der Waals surface area contributed by atoms with Crippen LogP contribution in [0.25, 0.3) is 11.1 Å². The summed E-state index contributed by atoms with van der Waals surface area (Å²) in [7, 11) is -3.55. The third kappa shape index (κ3) is 6.76. The molecule has 1 unspecified atom stereocenters. The summed E-state index contributed by atoms with van der Waals surface area (Å²) < 4.78 is 63.5. The second-order valence-electron chi connectivity index (χ2n) is 8.88. The van der Waals surface area contributed by atoms with Gasteiger partial charge in [-0.2, -0.15) is 8.78 Å². The van der Waals surface area contributed by atoms with Gasteiger partial charge >= 0.3 is 12.6 Å². The molecule has 1 aliphatic heterocycles. The van der Waals surface area contributed by atoms with Gasteiger partial charge < -0.3 is 14.6 Å². The van der Waals surface area contributed by atoms with Gasteiger partial charge in [0.25, 0.3) is 0 Å². The third-order valence-corrected chi connectivity index (χ3v) is 6.57. The second-order valence-corrected chi connectivity index (χ2v) is 10.6. The zero-order valence-electron chi connectivity index (χ0n) is 20.1. The maximum Gasteiger partial charge on any atom is 0.387 e. The Hall–Kier alpha value is -3.66. The van der Waals surface area contributed by atoms with Crippen LogP contribution in [0, 0.1) is 0 Å². The number of sulfonamides is 1. The van der Waals surface area contributed by atoms with Crippen molar-refractivity contribution in [3.8, 4) is 22.6 Å². The lowest BCUT2D eigenvalue weighted by Gasteiger charge is -2.31. The number of carboxylic acid groups (broad SMARTS) is 1. The molecule has 1 atom stereocenters. The molecule has 37 heavy (non-hydrogen) atoms. The highest BCUT2D eigenvalue weighted by molar-refractivity contribution is 7.92. The van der Waals surface area contributed by atoms with E-state index in [4.69, 9.17) is 14.6 Å². The summed E-state index contributed by atoms with van der Waals surface area (Å²) in [4.78, 5) is 10.7. The second kappa shape index (κ2) is 11.2. The molecule has 3 aromatic carbocycles. The first kappa shape index (κ1) is 26.4. The van der Waals surface area contributed by atoms with Crippen LogP contribution in [-0.2, 0) is 21.2 Å². The number of alkyl halides is 2. The van der Waals surface area contributed by atoms with Crippen molar-refractivity contribution in [3.63, 3.8) is 0 Å². The van der Waals surface area contributed by atoms with Gasteiger partial charge in [-0.1, -0.05) is 42.8 Å². The van der Waals surface area contributed by atoms with E-state index in [0.29, 0.717) is 34.5 Å². The molecule has 0 radical (unpaired) electrons. The molecule has 3 aromatic rings. The number of aryl methyl sites for hydroxylation is 1. The number of aliphatic carboxylic acids is 1. The SMILES string of the molecule is CS(=O)(=O)Nc1ccc2c(c1)C(c1cccc(CCCCCC(=O)O)c1)Oc1cccc(OC(F)F)c1-2. The summed E-state index contributed by atoms with van der Waals surface area (Å²) >= 11 is 0. The van der Waals surface area contributed by atoms with Gasteiger partial charge in [-0.25, -0.2) is 8.42 Å². The summed E-state index contributed by atoms with van der Waals surface area (Å²) in [5, 5.41) is 8.81. The Balaban J connectivity index is 1.70. The van der Waals surface area contributed by atoms with E-state index in [2.05, 4.69) is 4.72 Å². The van der Waals surface area contributed by atoms with Gasteiger partial charge in [0, 0.05) is 17.7 Å². The zero-order valence-corrected chi connectivity index (χ0v) is 20.9. The fourth-order valence-electron chi connectivity index (χ4n) is 4.49. The largest absolute Gasteiger partial charge is 0.481 e. The van der Waals surface area contributed by atoms with Crippen molar-refractivity contribution in [2.75, 3.05) is 11.0 Å². The number of halogens is 2. The van der Waals surface area contributed by atoms with Crippen molar-refractivity contribution in [2.45, 2.75) is 44.8 Å². The lowest BCUT2D eigenvalue weighted by Crippen LogP contribution is -2.18. The van der Waals surface area contributed by atoms with Crippen molar-refractivity contribution in [1.29, 1.82) is 0 Å². The predicted octanol–water partition coefficient (Wildman–Crippen LogP) is 6.00. The molecule has 1 heterocycles. The number of ether oxygens (including phenoxy) is 2. The van der Waals surface area contributed by atoms with E-state index in [0.717, 1.165) is 36.6 Å². The van der Waals surface area contributed by atoms with Crippen LogP contribution >= 0.6 is 0 Å². The highest BCUT2D eigenvalue weighted by Crippen LogP contribution is 2.49. The van der Waals surface area contributed by atoms with Crippen molar-refractivity contribution < 1.29 is 36.6 Å². The molecular weight excluding hydrogens is 504 g/mol. The third-order valence-electron chi connectivity index (χ3n) is 5.97. The summed E-state index contributed by atoms with van der Waals surface area (Å²) in [5.74, 6) is -0.466. The van der Waals surface area contributed by atoms with E-state index in [1.807, 2.05) is 24.3 Å². The van der Waals surface area contributed by atoms with E-state index in [1.165, 1.54) is 6.07 Å². The van der Waals surface area contributed by atoms with E-state index in [-0.39, 0.29) is 12.2 Å². The maximum atomic E-state index is 13.1. The molecule has 10 heteroatoms. The molecular formula is C27H27F2NO6S. The number of nitrogens with one attached hydrogen (secondary N) is 1. The molecule has 0 amide bonds. The highest BCUT2D eigenvalue weighted by atomic mass is 32.2. The van der Waals surface area contributed by atoms with Gasteiger partial charge in [0.05, 0.1) is 11.8 Å². The van der Waals surface area contributed by atoms with Gasteiger partial charge in [0.2, 0.25) is 10.0 Å². The summed E-state index contributed by atoms with van der Waals surface area (Å²) in [5.41, 5.74) is 3.75. The normalized spacial score (nSPS) is 14.4. The monoisotopic (exact) mass is 531 g/mol. The molecule has 0 saturated carbocycles. The molecule has 0 spiro atoms. The van der Waals surface area contributed by atoms with Gasteiger partial charge in [0.1, 0.15) is 17.6 Å². The van der Waals surface area contributed by atoms with Crippen molar-refractivity contribution >= 4 is 21.7 Å². The minimum absolute atomic E-state index is 0.0360. The predicted molar refractivity (Wildman–Crippen MR) is 136 cm³/mol. The quantitative estimate of drug-likeness (QED) is 0.295. The molecule has 0 fully saturated rings. The van der Waals surface area contributed by atoms with E-state index in [9.17, 15) is 22.0 Å². The Morgan fingerprint density at radius 2 is 1.86 bits per heavy atom. The maximum absolute atomic E-state index is 13.1. The van der Waals surface area contributed by atoms with Crippen LogP contribution < -0.4 is 14.2 Å². The Labute approximate surface area is 214 Å². The molecule has 7 nitrogen and oxygen atoms in total. The van der Waals surface area contributed by atoms with Crippen LogP contribution in [0.5, 0.6) is 11.5 Å². The number of unbranched alkanes of at least 4 members (excludes halogenated alkanes) is 2. The van der Waals surface area contributed by atoms with Gasteiger partial charge in [-0.05, 0) is 60.2 Å². The number of anilines is 1. The summed E-state index contributed by atoms with van der Waals surface area (Å²) in [6.07, 6.45) is 3.56. The van der Waals surface area contributed by atoms with Crippen LogP contribution in [0.3, 0.4) is 0 Å². The van der Waals surface area contributed by atoms with Crippen LogP contribution in [0.2, 0.25) is 0 Å². The number of hydrogen-bond acceptors (Lipinski definition) is 5. The fraction of sp³-hybridized carbons (Fsp3) is 0.296. The first-order valence-corrected chi connectivity index (χ1v) is 13.7. The van der Waals surface area contributed by atoms with E-state index >= 15 is 0 Å². The minimum Gasteiger partial charge on any atom is -0.481 e. The standard InChI is InChI=1S/C27H27F2NO6S/c1-37(33,34)30-19-13-14-20-21(16-19)26(35-22-10-6-11-23(25(20)22)36-27(28)29)18-9-5-8-17(15-18)7-3-2-4-12-24(31)32/h5-6,8-11,13-16,26-27,30H,2-4,7,12H2,1H3,(H,31,32). The lowest BCUT2D eigenvalue weighted by atomic mass is 9.88. The molecule has 196 valence electrons. The van der Waals surface area contributed by atoms with Crippen LogP contribution in [0.4, 0.5) is 14.5 Å². The Kier molecular flexibility index (Phi) is 7.97. The number of carboxylic acids is 1. The topological polar surface area (TPSA) is 102 Å². The molecule has 4 rings (SSSR count). The Morgan fingerprint density at radius 1 is 1.08 bits per heavy atom. The molecule has 0 aromatic heterocycles. The molecule has 0 aliphatic carbocycles. The van der Waals surface area contributed by atoms with Crippen LogP contribution in [0.15, 0.2) is 60.7 Å². The van der Waals surface area contributed by atoms with E-state index in [1.54, 1.807) is 30.3 Å². The number of rotatable bonds is 11. The van der Waals surface area contributed by atoms with Gasteiger partial charge in [-0.3, -0.25) is 9.52 Å². The summed E-state index contributed by atoms with van der Waals surface area (Å²) in [6.45, 7) is -3.02. The zero-order chi connectivity index (χ0) is 26.6. The van der Waals surface area contributed by atoms with Gasteiger partial charge in [0.15, 0.2) is 0 Å². The van der Waals surface area contributed by atoms with Crippen molar-refractivity contribution in [3.05, 3.63) is 77.4 Å². The van der Waals surface area contributed by atoms with Crippen LogP contribution in [0.1, 0.15) is 48.5 Å². The Morgan fingerprint density at radius 3 is 2.59 bits per heavy atom. The first-order chi connectivity index (χ1) is 17.6. The molecule has 2 N–H and O–H groups in total. The number of fused-ring (bicyclic) bond motifs is 3. The molecule has 0 bridgehead atoms.